The highest BCUT2D eigenvalue weighted by atomic mass is 16.3. The largest absolute Gasteiger partial charge is 0.456 e. The zero-order valence-electron chi connectivity index (χ0n) is 28.9. The fourth-order valence-corrected chi connectivity index (χ4v) is 8.15. The van der Waals surface area contributed by atoms with Crippen molar-refractivity contribution in [2.45, 2.75) is 25.7 Å². The van der Waals surface area contributed by atoms with Crippen LogP contribution in [-0.2, 0) is 6.42 Å². The number of benzene rings is 7. The molecule has 0 aliphatic heterocycles. The van der Waals surface area contributed by atoms with Crippen LogP contribution in [0.4, 0.5) is 17.1 Å². The van der Waals surface area contributed by atoms with E-state index in [4.69, 9.17) is 4.42 Å². The van der Waals surface area contributed by atoms with Gasteiger partial charge in [-0.25, -0.2) is 0 Å². The summed E-state index contributed by atoms with van der Waals surface area (Å²) in [5.74, 6) is 0. The van der Waals surface area contributed by atoms with Gasteiger partial charge in [-0.3, -0.25) is 0 Å². The van der Waals surface area contributed by atoms with Crippen molar-refractivity contribution in [3.8, 4) is 22.3 Å². The van der Waals surface area contributed by atoms with Crippen LogP contribution in [-0.4, -0.2) is 0 Å². The molecule has 0 unspecified atom stereocenters. The number of anilines is 3. The third-order valence-electron chi connectivity index (χ3n) is 10.8. The van der Waals surface area contributed by atoms with Crippen molar-refractivity contribution >= 4 is 61.4 Å². The van der Waals surface area contributed by atoms with E-state index in [-0.39, 0.29) is 0 Å². The summed E-state index contributed by atoms with van der Waals surface area (Å²) in [6.07, 6.45) is 15.6. The van der Waals surface area contributed by atoms with Crippen molar-refractivity contribution in [3.05, 3.63) is 187 Å². The van der Waals surface area contributed by atoms with Gasteiger partial charge in [-0.15, -0.1) is 0 Å². The van der Waals surface area contributed by atoms with Crippen LogP contribution in [0.15, 0.2) is 174 Å². The van der Waals surface area contributed by atoms with Gasteiger partial charge < -0.3 is 9.32 Å². The summed E-state index contributed by atoms with van der Waals surface area (Å²) in [6.45, 7) is 0. The highest BCUT2D eigenvalue weighted by Crippen LogP contribution is 2.42. The van der Waals surface area contributed by atoms with E-state index < -0.39 is 0 Å². The average Bonchev–Trinajstić information content (AvgIpc) is 3.61. The topological polar surface area (TPSA) is 16.4 Å². The molecule has 0 atom stereocenters. The molecule has 0 bridgehead atoms. The van der Waals surface area contributed by atoms with E-state index in [1.54, 1.807) is 0 Å². The van der Waals surface area contributed by atoms with Crippen LogP contribution in [0.5, 0.6) is 0 Å². The molecule has 10 rings (SSSR count). The third-order valence-corrected chi connectivity index (χ3v) is 10.8. The molecule has 0 amide bonds. The van der Waals surface area contributed by atoms with Crippen molar-refractivity contribution in [1.29, 1.82) is 0 Å². The number of furan rings is 1. The second kappa shape index (κ2) is 12.7. The molecule has 0 N–H and O–H groups in total. The lowest BCUT2D eigenvalue weighted by atomic mass is 9.93. The summed E-state index contributed by atoms with van der Waals surface area (Å²) in [5.41, 5.74) is 15.6. The van der Waals surface area contributed by atoms with Gasteiger partial charge in [0.25, 0.3) is 0 Å². The van der Waals surface area contributed by atoms with E-state index in [0.29, 0.717) is 0 Å². The fraction of sp³-hybridized carbons (Fsp3) is 0.0800. The minimum Gasteiger partial charge on any atom is -0.456 e. The molecule has 2 aliphatic carbocycles. The molecule has 248 valence electrons. The number of hydrogen-bond donors (Lipinski definition) is 0. The fourth-order valence-electron chi connectivity index (χ4n) is 8.15. The predicted molar refractivity (Wildman–Crippen MR) is 220 cm³/mol. The van der Waals surface area contributed by atoms with E-state index in [2.05, 4.69) is 169 Å². The van der Waals surface area contributed by atoms with E-state index >= 15 is 0 Å². The summed E-state index contributed by atoms with van der Waals surface area (Å²) in [4.78, 5) is 2.42. The molecule has 1 heterocycles. The van der Waals surface area contributed by atoms with Gasteiger partial charge in [-0.1, -0.05) is 127 Å². The maximum Gasteiger partial charge on any atom is 0.136 e. The smallest absolute Gasteiger partial charge is 0.136 e. The summed E-state index contributed by atoms with van der Waals surface area (Å²) < 4.78 is 6.17. The SMILES string of the molecule is C1=CCCC(c2ccccc2N(c2ccc(-c3ccc4c(c3)CCC=C4)cc2)c2ccc(-c3ccc4c(ccc5oc6ccccc6c54)c3)cc2)=C1. The molecule has 0 saturated heterocycles. The molecule has 1 aromatic heterocycles. The zero-order valence-corrected chi connectivity index (χ0v) is 28.9. The first-order valence-electron chi connectivity index (χ1n) is 18.4. The van der Waals surface area contributed by atoms with Gasteiger partial charge in [0, 0.05) is 27.7 Å². The maximum absolute atomic E-state index is 6.17. The summed E-state index contributed by atoms with van der Waals surface area (Å²) in [6, 6.07) is 53.3. The molecule has 0 saturated carbocycles. The highest BCUT2D eigenvalue weighted by Gasteiger charge is 2.19. The molecular weight excluding hydrogens is 631 g/mol. The molecule has 0 radical (unpaired) electrons. The molecule has 0 fully saturated rings. The number of allylic oxidation sites excluding steroid dienone is 5. The minimum absolute atomic E-state index is 0.929. The maximum atomic E-state index is 6.17. The third kappa shape index (κ3) is 5.36. The van der Waals surface area contributed by atoms with Crippen molar-refractivity contribution in [3.63, 3.8) is 0 Å². The lowest BCUT2D eigenvalue weighted by Crippen LogP contribution is -2.12. The van der Waals surface area contributed by atoms with Crippen LogP contribution >= 0.6 is 0 Å². The first kappa shape index (κ1) is 30.4. The zero-order chi connectivity index (χ0) is 34.4. The van der Waals surface area contributed by atoms with Gasteiger partial charge in [0.05, 0.1) is 5.69 Å². The summed E-state index contributed by atoms with van der Waals surface area (Å²) >= 11 is 0. The van der Waals surface area contributed by atoms with Gasteiger partial charge in [0.15, 0.2) is 0 Å². The molecule has 2 heteroatoms. The number of aryl methyl sites for hydroxylation is 1. The van der Waals surface area contributed by atoms with Crippen molar-refractivity contribution < 1.29 is 4.42 Å². The summed E-state index contributed by atoms with van der Waals surface area (Å²) in [5, 5.41) is 4.77. The second-order valence-electron chi connectivity index (χ2n) is 13.9. The van der Waals surface area contributed by atoms with Crippen LogP contribution in [0.2, 0.25) is 0 Å². The summed E-state index contributed by atoms with van der Waals surface area (Å²) in [7, 11) is 0. The standard InChI is InChI=1S/C50H37NO/c1-2-11-37(12-3-1)44-14-6-8-16-47(44)51(42-26-20-35(21-27-42)39-19-18-34-10-4-5-13-38(34)32-39)43-28-22-36(23-29-43)40-24-30-45-41(33-40)25-31-49-50(45)46-15-7-9-17-48(46)52-49/h1-2,4,6-11,14-33H,3,5,12-13H2. The Kier molecular flexibility index (Phi) is 7.46. The Morgan fingerprint density at radius 1 is 0.519 bits per heavy atom. The molecule has 52 heavy (non-hydrogen) atoms. The van der Waals surface area contributed by atoms with Crippen molar-refractivity contribution in [2.24, 2.45) is 0 Å². The number of nitrogens with zero attached hydrogens (tertiary/aromatic N) is 1. The number of para-hydroxylation sites is 2. The molecule has 0 spiro atoms. The van der Waals surface area contributed by atoms with E-state index in [0.717, 1.165) is 53.6 Å². The van der Waals surface area contributed by atoms with Crippen LogP contribution in [0.25, 0.3) is 66.6 Å². The number of rotatable bonds is 6. The number of fused-ring (bicyclic) bond motifs is 6. The monoisotopic (exact) mass is 667 g/mol. The molecule has 2 nitrogen and oxygen atoms in total. The van der Waals surface area contributed by atoms with Crippen LogP contribution in [0, 0.1) is 0 Å². The second-order valence-corrected chi connectivity index (χ2v) is 13.9. The first-order valence-corrected chi connectivity index (χ1v) is 18.4. The highest BCUT2D eigenvalue weighted by molar-refractivity contribution is 6.19. The Morgan fingerprint density at radius 2 is 1.23 bits per heavy atom. The average molecular weight is 668 g/mol. The lowest BCUT2D eigenvalue weighted by molar-refractivity contribution is 0.669. The Labute approximate surface area is 304 Å². The molecule has 2 aliphatic rings. The molecular formula is C50H37NO. The van der Waals surface area contributed by atoms with Gasteiger partial charge in [0.2, 0.25) is 0 Å². The normalized spacial score (nSPS) is 13.8. The van der Waals surface area contributed by atoms with Crippen LogP contribution < -0.4 is 4.90 Å². The van der Waals surface area contributed by atoms with E-state index in [9.17, 15) is 0 Å². The Bertz CT molecular complexity index is 2720. The first-order chi connectivity index (χ1) is 25.8. The quantitative estimate of drug-likeness (QED) is 0.175. The van der Waals surface area contributed by atoms with Gasteiger partial charge >= 0.3 is 0 Å². The van der Waals surface area contributed by atoms with E-state index in [1.807, 2.05) is 12.1 Å². The molecule has 7 aromatic carbocycles. The van der Waals surface area contributed by atoms with Crippen LogP contribution in [0.1, 0.15) is 36.0 Å². The Morgan fingerprint density at radius 3 is 2.04 bits per heavy atom. The lowest BCUT2D eigenvalue weighted by Gasteiger charge is -2.29. The molecule has 8 aromatic rings. The van der Waals surface area contributed by atoms with Crippen molar-refractivity contribution in [2.75, 3.05) is 4.90 Å². The predicted octanol–water partition coefficient (Wildman–Crippen LogP) is 14.2. The Balaban J connectivity index is 1.04. The Hall–Kier alpha value is -6.38. The van der Waals surface area contributed by atoms with E-state index in [1.165, 1.54) is 66.4 Å². The van der Waals surface area contributed by atoms with Gasteiger partial charge in [-0.2, -0.15) is 0 Å². The minimum atomic E-state index is 0.929. The van der Waals surface area contributed by atoms with Crippen molar-refractivity contribution in [1.82, 2.24) is 0 Å². The number of hydrogen-bond acceptors (Lipinski definition) is 2. The van der Waals surface area contributed by atoms with Gasteiger partial charge in [-0.05, 0) is 124 Å². The van der Waals surface area contributed by atoms with Crippen LogP contribution in [0.3, 0.4) is 0 Å². The van der Waals surface area contributed by atoms with Gasteiger partial charge in [0.1, 0.15) is 11.2 Å².